The van der Waals surface area contributed by atoms with Crippen LogP contribution in [0, 0.1) is 0 Å². The molecule has 1 nitrogen and oxygen atoms in total. The second kappa shape index (κ2) is 5.88. The van der Waals surface area contributed by atoms with E-state index in [1.807, 2.05) is 0 Å². The summed E-state index contributed by atoms with van der Waals surface area (Å²) in [5.41, 5.74) is 3.22. The molecule has 0 amide bonds. The lowest BCUT2D eigenvalue weighted by Gasteiger charge is -2.38. The van der Waals surface area contributed by atoms with Gasteiger partial charge in [0.15, 0.2) is 0 Å². The van der Waals surface area contributed by atoms with E-state index in [2.05, 4.69) is 29.2 Å². The summed E-state index contributed by atoms with van der Waals surface area (Å²) in [7, 11) is 0. The number of fused-ring (bicyclic) bond motifs is 1. The van der Waals surface area contributed by atoms with Crippen molar-refractivity contribution in [2.75, 3.05) is 13.1 Å². The van der Waals surface area contributed by atoms with Crippen molar-refractivity contribution in [3.8, 4) is 0 Å². The summed E-state index contributed by atoms with van der Waals surface area (Å²) in [5, 5.41) is 0. The van der Waals surface area contributed by atoms with Crippen LogP contribution in [-0.4, -0.2) is 18.0 Å². The van der Waals surface area contributed by atoms with Crippen LogP contribution in [0.2, 0.25) is 0 Å². The molecule has 1 saturated heterocycles. The number of piperidine rings is 1. The van der Waals surface area contributed by atoms with Crippen molar-refractivity contribution in [1.82, 2.24) is 4.90 Å². The van der Waals surface area contributed by atoms with Crippen molar-refractivity contribution >= 4 is 12.4 Å². The summed E-state index contributed by atoms with van der Waals surface area (Å²) in [4.78, 5) is 2.72. The van der Waals surface area contributed by atoms with E-state index < -0.39 is 0 Å². The molecule has 1 aliphatic heterocycles. The lowest BCUT2D eigenvalue weighted by molar-refractivity contribution is 0.148. The van der Waals surface area contributed by atoms with Gasteiger partial charge in [-0.05, 0) is 56.3 Å². The van der Waals surface area contributed by atoms with Crippen LogP contribution in [0.4, 0.5) is 0 Å². The Morgan fingerprint density at radius 1 is 0.941 bits per heavy atom. The van der Waals surface area contributed by atoms with Crippen LogP contribution in [0.5, 0.6) is 0 Å². The molecule has 17 heavy (non-hydrogen) atoms. The minimum atomic E-state index is 0. The summed E-state index contributed by atoms with van der Waals surface area (Å²) < 4.78 is 0. The van der Waals surface area contributed by atoms with Gasteiger partial charge in [0.25, 0.3) is 0 Å². The molecule has 1 aromatic carbocycles. The molecule has 1 fully saturated rings. The highest BCUT2D eigenvalue weighted by molar-refractivity contribution is 5.85. The third-order valence-corrected chi connectivity index (χ3v) is 4.17. The fourth-order valence-electron chi connectivity index (χ4n) is 3.34. The van der Waals surface area contributed by atoms with Crippen molar-refractivity contribution in [2.45, 2.75) is 44.6 Å². The maximum absolute atomic E-state index is 2.72. The topological polar surface area (TPSA) is 3.24 Å². The van der Waals surface area contributed by atoms with Crippen molar-refractivity contribution in [3.63, 3.8) is 0 Å². The standard InChI is InChI=1S/C15H21N.ClH/c1-4-11-16(12-5-1)15-10-6-8-13-7-2-3-9-14(13)15;/h2-3,7,9,15H,1,4-6,8,10-12H2;1H. The SMILES string of the molecule is Cl.c1ccc2c(c1)CCCC2N1CCCCC1. The Balaban J connectivity index is 0.00000108. The highest BCUT2D eigenvalue weighted by Crippen LogP contribution is 2.35. The number of rotatable bonds is 1. The quantitative estimate of drug-likeness (QED) is 0.730. The van der Waals surface area contributed by atoms with E-state index in [0.717, 1.165) is 6.04 Å². The summed E-state index contributed by atoms with van der Waals surface area (Å²) in [6, 6.07) is 9.81. The fraction of sp³-hybridized carbons (Fsp3) is 0.600. The first-order valence-electron chi connectivity index (χ1n) is 6.77. The second-order valence-electron chi connectivity index (χ2n) is 5.20. The van der Waals surface area contributed by atoms with Crippen molar-refractivity contribution < 1.29 is 0 Å². The first kappa shape index (κ1) is 12.9. The van der Waals surface area contributed by atoms with Crippen LogP contribution in [0.1, 0.15) is 49.3 Å². The van der Waals surface area contributed by atoms with Crippen LogP contribution in [-0.2, 0) is 6.42 Å². The van der Waals surface area contributed by atoms with Gasteiger partial charge < -0.3 is 0 Å². The molecule has 1 aliphatic carbocycles. The monoisotopic (exact) mass is 251 g/mol. The summed E-state index contributed by atoms with van der Waals surface area (Å²) in [6.45, 7) is 2.64. The Kier molecular flexibility index (Phi) is 4.47. The van der Waals surface area contributed by atoms with Gasteiger partial charge in [-0.3, -0.25) is 4.90 Å². The predicted octanol–water partition coefficient (Wildman–Crippen LogP) is 3.97. The molecule has 1 heterocycles. The normalized spacial score (nSPS) is 24.8. The molecule has 94 valence electrons. The molecular formula is C15H22ClN. The smallest absolute Gasteiger partial charge is 0.0350 e. The average Bonchev–Trinajstić information content (AvgIpc) is 2.39. The number of halogens is 1. The highest BCUT2D eigenvalue weighted by Gasteiger charge is 2.26. The van der Waals surface area contributed by atoms with Gasteiger partial charge in [0, 0.05) is 6.04 Å². The van der Waals surface area contributed by atoms with Gasteiger partial charge in [-0.2, -0.15) is 0 Å². The number of hydrogen-bond acceptors (Lipinski definition) is 1. The van der Waals surface area contributed by atoms with Crippen molar-refractivity contribution in [3.05, 3.63) is 35.4 Å². The van der Waals surface area contributed by atoms with Gasteiger partial charge in [0.2, 0.25) is 0 Å². The number of hydrogen-bond donors (Lipinski definition) is 0. The molecule has 1 atom stereocenters. The van der Waals surface area contributed by atoms with Crippen LogP contribution in [0.15, 0.2) is 24.3 Å². The highest BCUT2D eigenvalue weighted by atomic mass is 35.5. The fourth-order valence-corrected chi connectivity index (χ4v) is 3.34. The number of aryl methyl sites for hydroxylation is 1. The van der Waals surface area contributed by atoms with Gasteiger partial charge in [-0.15, -0.1) is 12.4 Å². The number of likely N-dealkylation sites (tertiary alicyclic amines) is 1. The maximum Gasteiger partial charge on any atom is 0.0350 e. The minimum Gasteiger partial charge on any atom is -0.296 e. The van der Waals surface area contributed by atoms with Gasteiger partial charge in [0.05, 0.1) is 0 Å². The average molecular weight is 252 g/mol. The zero-order valence-corrected chi connectivity index (χ0v) is 11.2. The Morgan fingerprint density at radius 3 is 2.53 bits per heavy atom. The molecule has 0 aromatic heterocycles. The zero-order chi connectivity index (χ0) is 10.8. The van der Waals surface area contributed by atoms with E-state index in [-0.39, 0.29) is 12.4 Å². The third-order valence-electron chi connectivity index (χ3n) is 4.17. The first-order valence-corrected chi connectivity index (χ1v) is 6.77. The minimum absolute atomic E-state index is 0. The Hall–Kier alpha value is -0.530. The van der Waals surface area contributed by atoms with Crippen LogP contribution in [0.25, 0.3) is 0 Å². The summed E-state index contributed by atoms with van der Waals surface area (Å²) in [6.07, 6.45) is 8.28. The molecule has 2 heteroatoms. The van der Waals surface area contributed by atoms with E-state index in [4.69, 9.17) is 0 Å². The van der Waals surface area contributed by atoms with Gasteiger partial charge >= 0.3 is 0 Å². The van der Waals surface area contributed by atoms with E-state index in [1.54, 1.807) is 11.1 Å². The van der Waals surface area contributed by atoms with Gasteiger partial charge in [0.1, 0.15) is 0 Å². The van der Waals surface area contributed by atoms with Gasteiger partial charge in [-0.25, -0.2) is 0 Å². The zero-order valence-electron chi connectivity index (χ0n) is 10.4. The van der Waals surface area contributed by atoms with Crippen LogP contribution >= 0.6 is 12.4 Å². The van der Waals surface area contributed by atoms with Gasteiger partial charge in [-0.1, -0.05) is 30.7 Å². The Bertz CT molecular complexity index is 358. The number of nitrogens with zero attached hydrogens (tertiary/aromatic N) is 1. The molecule has 3 rings (SSSR count). The van der Waals surface area contributed by atoms with E-state index in [0.29, 0.717) is 0 Å². The van der Waals surface area contributed by atoms with Crippen LogP contribution < -0.4 is 0 Å². The first-order chi connectivity index (χ1) is 7.95. The molecule has 0 N–H and O–H groups in total. The maximum atomic E-state index is 2.72. The van der Waals surface area contributed by atoms with Crippen molar-refractivity contribution in [2.24, 2.45) is 0 Å². The van der Waals surface area contributed by atoms with E-state index >= 15 is 0 Å². The molecule has 0 radical (unpaired) electrons. The van der Waals surface area contributed by atoms with E-state index in [9.17, 15) is 0 Å². The third kappa shape index (κ3) is 2.66. The molecule has 0 bridgehead atoms. The largest absolute Gasteiger partial charge is 0.296 e. The molecule has 0 spiro atoms. The summed E-state index contributed by atoms with van der Waals surface area (Å²) >= 11 is 0. The molecule has 1 unspecified atom stereocenters. The Labute approximate surface area is 111 Å². The second-order valence-corrected chi connectivity index (χ2v) is 5.20. The van der Waals surface area contributed by atoms with E-state index in [1.165, 1.54) is 51.6 Å². The molecule has 0 saturated carbocycles. The Morgan fingerprint density at radius 2 is 1.71 bits per heavy atom. The lowest BCUT2D eigenvalue weighted by atomic mass is 9.86. The predicted molar refractivity (Wildman–Crippen MR) is 74.8 cm³/mol. The molecule has 2 aliphatic rings. The van der Waals surface area contributed by atoms with Crippen LogP contribution in [0.3, 0.4) is 0 Å². The summed E-state index contributed by atoms with van der Waals surface area (Å²) in [5.74, 6) is 0. The molecular weight excluding hydrogens is 230 g/mol. The molecule has 1 aromatic rings. The number of benzene rings is 1. The van der Waals surface area contributed by atoms with Crippen molar-refractivity contribution in [1.29, 1.82) is 0 Å². The lowest BCUT2D eigenvalue weighted by Crippen LogP contribution is -2.35.